The van der Waals surface area contributed by atoms with Crippen LogP contribution in [-0.4, -0.2) is 19.5 Å². The summed E-state index contributed by atoms with van der Waals surface area (Å²) in [5.41, 5.74) is 1.04. The van der Waals surface area contributed by atoms with Gasteiger partial charge >= 0.3 is 6.18 Å². The number of hydrogen-bond acceptors (Lipinski definition) is 4. The van der Waals surface area contributed by atoms with E-state index in [1.165, 1.54) is 36.7 Å². The summed E-state index contributed by atoms with van der Waals surface area (Å²) in [6, 6.07) is 8.33. The number of amides is 1. The summed E-state index contributed by atoms with van der Waals surface area (Å²) in [5, 5.41) is 8.55. The molecule has 0 heterocycles. The Balaban J connectivity index is 2.22. The Morgan fingerprint density at radius 1 is 1.12 bits per heavy atom. The highest BCUT2D eigenvalue weighted by atomic mass is 32.2. The third kappa shape index (κ3) is 4.59. The zero-order chi connectivity index (χ0) is 19.5. The van der Waals surface area contributed by atoms with E-state index in [4.69, 9.17) is 5.21 Å². The number of nitrogens with one attached hydrogen (secondary N) is 2. The molecule has 1 unspecified atom stereocenters. The lowest BCUT2D eigenvalue weighted by Crippen LogP contribution is -2.27. The normalized spacial score (nSPS) is 13.3. The molecule has 0 aliphatic heterocycles. The van der Waals surface area contributed by atoms with Gasteiger partial charge in [-0.25, -0.2) is 18.6 Å². The molecule has 1 atom stereocenters. The summed E-state index contributed by atoms with van der Waals surface area (Å²) in [4.78, 5) is 10.8. The second-order valence-corrected chi connectivity index (χ2v) is 7.15. The van der Waals surface area contributed by atoms with Crippen LogP contribution in [0.25, 0.3) is 0 Å². The first-order valence-corrected chi connectivity index (χ1v) is 8.77. The fourth-order valence-electron chi connectivity index (χ4n) is 2.20. The van der Waals surface area contributed by atoms with Gasteiger partial charge in [0, 0.05) is 11.6 Å². The lowest BCUT2D eigenvalue weighted by Gasteiger charge is -2.16. The third-order valence-corrected chi connectivity index (χ3v) is 5.12. The molecule has 0 saturated carbocycles. The molecule has 26 heavy (non-hydrogen) atoms. The van der Waals surface area contributed by atoms with Crippen LogP contribution >= 0.6 is 0 Å². The van der Waals surface area contributed by atoms with Crippen LogP contribution in [0.4, 0.5) is 13.2 Å². The lowest BCUT2D eigenvalue weighted by molar-refractivity contribution is -0.137. The molecule has 0 aliphatic carbocycles. The highest BCUT2D eigenvalue weighted by Crippen LogP contribution is 2.30. The van der Waals surface area contributed by atoms with Gasteiger partial charge in [-0.15, -0.1) is 0 Å². The summed E-state index contributed by atoms with van der Waals surface area (Å²) in [5.74, 6) is -0.728. The number of sulfonamides is 1. The molecule has 6 nitrogen and oxygen atoms in total. The Morgan fingerprint density at radius 3 is 2.27 bits per heavy atom. The molecule has 3 N–H and O–H groups in total. The van der Waals surface area contributed by atoms with E-state index in [1.807, 2.05) is 0 Å². The summed E-state index contributed by atoms with van der Waals surface area (Å²) in [7, 11) is -4.19. The summed E-state index contributed by atoms with van der Waals surface area (Å²) < 4.78 is 65.2. The van der Waals surface area contributed by atoms with Crippen molar-refractivity contribution in [1.82, 2.24) is 10.2 Å². The molecule has 0 radical (unpaired) electrons. The van der Waals surface area contributed by atoms with Gasteiger partial charge in [-0.1, -0.05) is 18.2 Å². The van der Waals surface area contributed by atoms with E-state index in [9.17, 15) is 26.4 Å². The monoisotopic (exact) mass is 388 g/mol. The average Bonchev–Trinajstić information content (AvgIpc) is 2.60. The van der Waals surface area contributed by atoms with Gasteiger partial charge < -0.3 is 0 Å². The standard InChI is InChI=1S/C16H15F3N2O4S/c1-10(11-5-7-12(8-6-11)15(22)20-23)21-26(24,25)14-4-2-3-13(9-14)16(17,18)19/h2-10,21,23H,1H3,(H,20,22). The van der Waals surface area contributed by atoms with Crippen LogP contribution in [0, 0.1) is 0 Å². The van der Waals surface area contributed by atoms with Gasteiger partial charge in [0.1, 0.15) is 0 Å². The second kappa shape index (κ2) is 7.44. The summed E-state index contributed by atoms with van der Waals surface area (Å²) >= 11 is 0. The minimum absolute atomic E-state index is 0.157. The van der Waals surface area contributed by atoms with Crippen LogP contribution in [-0.2, 0) is 16.2 Å². The van der Waals surface area contributed by atoms with Crippen molar-refractivity contribution in [3.05, 3.63) is 65.2 Å². The number of carbonyl (C=O) groups is 1. The number of hydroxylamine groups is 1. The van der Waals surface area contributed by atoms with Crippen molar-refractivity contribution in [1.29, 1.82) is 0 Å². The molecule has 0 aliphatic rings. The van der Waals surface area contributed by atoms with Gasteiger partial charge in [0.2, 0.25) is 10.0 Å². The number of rotatable bonds is 5. The Kier molecular flexibility index (Phi) is 5.69. The maximum atomic E-state index is 12.8. The first-order valence-electron chi connectivity index (χ1n) is 7.28. The van der Waals surface area contributed by atoms with E-state index in [1.54, 1.807) is 0 Å². The molecule has 2 rings (SSSR count). The minimum atomic E-state index is -4.65. The van der Waals surface area contributed by atoms with Crippen molar-refractivity contribution in [3.63, 3.8) is 0 Å². The van der Waals surface area contributed by atoms with Crippen LogP contribution in [0.3, 0.4) is 0 Å². The second-order valence-electron chi connectivity index (χ2n) is 5.43. The topological polar surface area (TPSA) is 95.5 Å². The van der Waals surface area contributed by atoms with Gasteiger partial charge in [0.25, 0.3) is 5.91 Å². The Labute approximate surface area is 147 Å². The molecule has 0 spiro atoms. The predicted octanol–water partition coefficient (Wildman–Crippen LogP) is 2.86. The highest BCUT2D eigenvalue weighted by Gasteiger charge is 2.31. The van der Waals surface area contributed by atoms with E-state index >= 15 is 0 Å². The van der Waals surface area contributed by atoms with Crippen molar-refractivity contribution < 1.29 is 31.6 Å². The smallest absolute Gasteiger partial charge is 0.288 e. The Bertz CT molecular complexity index is 896. The van der Waals surface area contributed by atoms with Crippen molar-refractivity contribution in [2.45, 2.75) is 24.0 Å². The molecule has 0 aromatic heterocycles. The van der Waals surface area contributed by atoms with E-state index in [2.05, 4.69) is 4.72 Å². The quantitative estimate of drug-likeness (QED) is 0.542. The van der Waals surface area contributed by atoms with Crippen LogP contribution in [0.5, 0.6) is 0 Å². The lowest BCUT2D eigenvalue weighted by atomic mass is 10.1. The number of benzene rings is 2. The van der Waals surface area contributed by atoms with Crippen molar-refractivity contribution in [2.24, 2.45) is 0 Å². The van der Waals surface area contributed by atoms with Crippen molar-refractivity contribution in [3.8, 4) is 0 Å². The van der Waals surface area contributed by atoms with E-state index in [-0.39, 0.29) is 5.56 Å². The number of carbonyl (C=O) groups excluding carboxylic acids is 1. The summed E-state index contributed by atoms with van der Waals surface area (Å²) in [6.07, 6.45) is -4.65. The molecular formula is C16H15F3N2O4S. The molecule has 0 fully saturated rings. The van der Waals surface area contributed by atoms with Crippen LogP contribution in [0.2, 0.25) is 0 Å². The molecule has 0 saturated heterocycles. The largest absolute Gasteiger partial charge is 0.416 e. The number of halogens is 3. The average molecular weight is 388 g/mol. The Morgan fingerprint density at radius 2 is 1.73 bits per heavy atom. The highest BCUT2D eigenvalue weighted by molar-refractivity contribution is 7.89. The maximum Gasteiger partial charge on any atom is 0.416 e. The van der Waals surface area contributed by atoms with Crippen LogP contribution in [0.1, 0.15) is 34.5 Å². The molecule has 10 heteroatoms. The zero-order valence-electron chi connectivity index (χ0n) is 13.4. The third-order valence-electron chi connectivity index (χ3n) is 3.58. The molecular weight excluding hydrogens is 373 g/mol. The zero-order valence-corrected chi connectivity index (χ0v) is 14.2. The van der Waals surface area contributed by atoms with Crippen LogP contribution in [0.15, 0.2) is 53.4 Å². The van der Waals surface area contributed by atoms with Gasteiger partial charge in [-0.3, -0.25) is 10.0 Å². The molecule has 1 amide bonds. The molecule has 2 aromatic rings. The van der Waals surface area contributed by atoms with Gasteiger partial charge in [0.05, 0.1) is 10.5 Å². The van der Waals surface area contributed by atoms with Gasteiger partial charge in [-0.05, 0) is 42.8 Å². The van der Waals surface area contributed by atoms with Crippen LogP contribution < -0.4 is 10.2 Å². The first kappa shape index (κ1) is 19.9. The first-order chi connectivity index (χ1) is 12.0. The van der Waals surface area contributed by atoms with Crippen molar-refractivity contribution in [2.75, 3.05) is 0 Å². The molecule has 0 bridgehead atoms. The van der Waals surface area contributed by atoms with E-state index in [0.717, 1.165) is 18.2 Å². The number of hydrogen-bond donors (Lipinski definition) is 3. The van der Waals surface area contributed by atoms with Crippen molar-refractivity contribution >= 4 is 15.9 Å². The fraction of sp³-hybridized carbons (Fsp3) is 0.188. The van der Waals surface area contributed by atoms with Gasteiger partial charge in [-0.2, -0.15) is 13.2 Å². The minimum Gasteiger partial charge on any atom is -0.288 e. The van der Waals surface area contributed by atoms with E-state index in [0.29, 0.717) is 11.6 Å². The predicted molar refractivity (Wildman–Crippen MR) is 85.9 cm³/mol. The number of alkyl halides is 3. The summed E-state index contributed by atoms with van der Waals surface area (Å²) in [6.45, 7) is 1.51. The van der Waals surface area contributed by atoms with E-state index < -0.39 is 38.6 Å². The molecule has 140 valence electrons. The SMILES string of the molecule is CC(NS(=O)(=O)c1cccc(C(F)(F)F)c1)c1ccc(C(=O)NO)cc1. The van der Waals surface area contributed by atoms with Gasteiger partial charge in [0.15, 0.2) is 0 Å². The maximum absolute atomic E-state index is 12.8. The fourth-order valence-corrected chi connectivity index (χ4v) is 3.47. The Hall–Kier alpha value is -2.43. The molecule has 2 aromatic carbocycles.